The van der Waals surface area contributed by atoms with Gasteiger partial charge in [-0.15, -0.1) is 0 Å². The standard InChI is InChI=1S/C24H29N5O3/c1-14-10-16(11-17-15(2)25-26-20(14)17)22(31)28-8-6-24(7-9-28)12-18(30)21-19(32-24)13-29(27-21)23(3,4)5/h10-11,13H,6-9,12H2,1-5H3,(H,25,26). The molecule has 0 saturated carbocycles. The molecule has 0 unspecified atom stereocenters. The first-order valence-corrected chi connectivity index (χ1v) is 11.1. The number of ether oxygens (including phenoxy) is 1. The van der Waals surface area contributed by atoms with Crippen LogP contribution in [0.3, 0.4) is 0 Å². The normalized spacial score (nSPS) is 18.2. The first kappa shape index (κ1) is 20.7. The fraction of sp³-hybridized carbons (Fsp3) is 0.500. The fourth-order valence-corrected chi connectivity index (χ4v) is 4.73. The molecule has 1 fully saturated rings. The van der Waals surface area contributed by atoms with Gasteiger partial charge >= 0.3 is 0 Å². The molecule has 3 aromatic rings. The lowest BCUT2D eigenvalue weighted by atomic mass is 9.83. The predicted molar refractivity (Wildman–Crippen MR) is 120 cm³/mol. The van der Waals surface area contributed by atoms with Crippen LogP contribution in [0.5, 0.6) is 5.75 Å². The number of aromatic amines is 1. The minimum absolute atomic E-state index is 0.00817. The van der Waals surface area contributed by atoms with Crippen molar-refractivity contribution < 1.29 is 14.3 Å². The summed E-state index contributed by atoms with van der Waals surface area (Å²) in [5.74, 6) is 0.590. The van der Waals surface area contributed by atoms with Crippen LogP contribution in [0.25, 0.3) is 10.9 Å². The number of ketones is 1. The molecule has 0 radical (unpaired) electrons. The Hall–Kier alpha value is -3.16. The predicted octanol–water partition coefficient (Wildman–Crippen LogP) is 3.77. The van der Waals surface area contributed by atoms with Crippen molar-refractivity contribution >= 4 is 22.6 Å². The minimum atomic E-state index is -0.562. The number of hydrogen-bond acceptors (Lipinski definition) is 5. The summed E-state index contributed by atoms with van der Waals surface area (Å²) in [5.41, 5.74) is 3.14. The van der Waals surface area contributed by atoms with Crippen molar-refractivity contribution in [3.8, 4) is 5.75 Å². The van der Waals surface area contributed by atoms with E-state index in [2.05, 4.69) is 15.3 Å². The average Bonchev–Trinajstić information content (AvgIpc) is 3.32. The lowest BCUT2D eigenvalue weighted by molar-refractivity contribution is -0.00586. The molecule has 2 aromatic heterocycles. The van der Waals surface area contributed by atoms with Gasteiger partial charge in [0.05, 0.1) is 23.7 Å². The molecule has 0 aliphatic carbocycles. The van der Waals surface area contributed by atoms with Crippen LogP contribution < -0.4 is 4.74 Å². The fourth-order valence-electron chi connectivity index (χ4n) is 4.73. The number of carbonyl (C=O) groups is 2. The number of piperidine rings is 1. The Labute approximate surface area is 186 Å². The van der Waals surface area contributed by atoms with E-state index < -0.39 is 5.60 Å². The molecule has 0 atom stereocenters. The Morgan fingerprint density at radius 3 is 2.59 bits per heavy atom. The van der Waals surface area contributed by atoms with E-state index in [1.165, 1.54) is 0 Å². The molecule has 5 rings (SSSR count). The van der Waals surface area contributed by atoms with E-state index >= 15 is 0 Å². The van der Waals surface area contributed by atoms with Gasteiger partial charge in [0.1, 0.15) is 5.60 Å². The molecule has 8 heteroatoms. The molecule has 2 aliphatic heterocycles. The van der Waals surface area contributed by atoms with E-state index in [1.54, 1.807) is 4.68 Å². The molecule has 1 amide bonds. The monoisotopic (exact) mass is 435 g/mol. The maximum absolute atomic E-state index is 13.3. The van der Waals surface area contributed by atoms with Crippen molar-refractivity contribution in [3.63, 3.8) is 0 Å². The van der Waals surface area contributed by atoms with Gasteiger partial charge in [-0.05, 0) is 52.3 Å². The van der Waals surface area contributed by atoms with Crippen LogP contribution in [0, 0.1) is 13.8 Å². The first-order valence-electron chi connectivity index (χ1n) is 11.1. The number of hydrogen-bond donors (Lipinski definition) is 1. The van der Waals surface area contributed by atoms with Crippen molar-refractivity contribution in [1.29, 1.82) is 0 Å². The molecule has 1 N–H and O–H groups in total. The van der Waals surface area contributed by atoms with Crippen LogP contribution in [0.15, 0.2) is 18.3 Å². The van der Waals surface area contributed by atoms with Crippen molar-refractivity contribution in [2.75, 3.05) is 13.1 Å². The molecule has 168 valence electrons. The number of amides is 1. The van der Waals surface area contributed by atoms with E-state index in [1.807, 2.05) is 57.8 Å². The van der Waals surface area contributed by atoms with Crippen molar-refractivity contribution in [3.05, 3.63) is 40.8 Å². The summed E-state index contributed by atoms with van der Waals surface area (Å²) in [6.45, 7) is 11.2. The summed E-state index contributed by atoms with van der Waals surface area (Å²) < 4.78 is 8.16. The molecular formula is C24H29N5O3. The highest BCUT2D eigenvalue weighted by Gasteiger charge is 2.45. The SMILES string of the molecule is Cc1[nH]nc2c(C)cc(C(=O)N3CCC4(CC3)CC(=O)c3nn(C(C)(C)C)cc3O4)cc12. The minimum Gasteiger partial charge on any atom is -0.483 e. The van der Waals surface area contributed by atoms with Crippen LogP contribution >= 0.6 is 0 Å². The van der Waals surface area contributed by atoms with Gasteiger partial charge < -0.3 is 9.64 Å². The van der Waals surface area contributed by atoms with Crippen LogP contribution in [-0.4, -0.2) is 55.3 Å². The first-order chi connectivity index (χ1) is 15.1. The van der Waals surface area contributed by atoms with Crippen LogP contribution in [0.4, 0.5) is 0 Å². The molecular weight excluding hydrogens is 406 g/mol. The Kier molecular flexibility index (Phi) is 4.48. The number of carbonyl (C=O) groups excluding carboxylic acids is 2. The zero-order valence-corrected chi connectivity index (χ0v) is 19.3. The molecule has 2 aliphatic rings. The number of nitrogens with one attached hydrogen (secondary N) is 1. The molecule has 1 aromatic carbocycles. The maximum Gasteiger partial charge on any atom is 0.253 e. The van der Waals surface area contributed by atoms with Crippen LogP contribution in [0.2, 0.25) is 0 Å². The molecule has 8 nitrogen and oxygen atoms in total. The van der Waals surface area contributed by atoms with Gasteiger partial charge in [0, 0.05) is 42.6 Å². The van der Waals surface area contributed by atoms with E-state index in [0.717, 1.165) is 22.2 Å². The van der Waals surface area contributed by atoms with E-state index in [4.69, 9.17) is 4.74 Å². The van der Waals surface area contributed by atoms with E-state index in [-0.39, 0.29) is 17.2 Å². The van der Waals surface area contributed by atoms with Crippen molar-refractivity contribution in [2.24, 2.45) is 0 Å². The summed E-state index contributed by atoms with van der Waals surface area (Å²) in [4.78, 5) is 28.0. The zero-order chi connectivity index (χ0) is 22.8. The summed E-state index contributed by atoms with van der Waals surface area (Å²) in [6, 6.07) is 3.82. The summed E-state index contributed by atoms with van der Waals surface area (Å²) in [7, 11) is 0. The highest BCUT2D eigenvalue weighted by Crippen LogP contribution is 2.40. The van der Waals surface area contributed by atoms with Crippen LogP contribution in [0.1, 0.15) is 72.1 Å². The van der Waals surface area contributed by atoms with Gasteiger partial charge in [0.2, 0.25) is 0 Å². The lowest BCUT2D eigenvalue weighted by Crippen LogP contribution is -2.52. The second-order valence-electron chi connectivity index (χ2n) is 10.2. The Bertz CT molecular complexity index is 1240. The second kappa shape index (κ2) is 6.92. The number of fused-ring (bicyclic) bond motifs is 2. The van der Waals surface area contributed by atoms with Crippen LogP contribution in [-0.2, 0) is 5.54 Å². The Morgan fingerprint density at radius 2 is 1.91 bits per heavy atom. The lowest BCUT2D eigenvalue weighted by Gasteiger charge is -2.43. The summed E-state index contributed by atoms with van der Waals surface area (Å²) in [5, 5.41) is 12.8. The Morgan fingerprint density at radius 1 is 1.19 bits per heavy atom. The number of Topliss-reactive ketones (excluding diaryl/α,β-unsaturated/α-hetero) is 1. The number of H-pyrrole nitrogens is 1. The molecule has 4 heterocycles. The van der Waals surface area contributed by atoms with Crippen molar-refractivity contribution in [2.45, 2.75) is 65.0 Å². The topological polar surface area (TPSA) is 93.1 Å². The largest absolute Gasteiger partial charge is 0.483 e. The third kappa shape index (κ3) is 3.29. The number of nitrogens with zero attached hydrogens (tertiary/aromatic N) is 4. The Balaban J connectivity index is 1.34. The molecule has 32 heavy (non-hydrogen) atoms. The van der Waals surface area contributed by atoms with Gasteiger partial charge in [0.25, 0.3) is 5.91 Å². The van der Waals surface area contributed by atoms with Gasteiger partial charge in [0.15, 0.2) is 17.2 Å². The van der Waals surface area contributed by atoms with Gasteiger partial charge in [-0.25, -0.2) is 0 Å². The molecule has 1 spiro atoms. The summed E-state index contributed by atoms with van der Waals surface area (Å²) in [6.07, 6.45) is 3.38. The summed E-state index contributed by atoms with van der Waals surface area (Å²) >= 11 is 0. The number of aromatic nitrogens is 4. The van der Waals surface area contributed by atoms with Gasteiger partial charge in [-0.3, -0.25) is 19.4 Å². The van der Waals surface area contributed by atoms with Gasteiger partial charge in [-0.2, -0.15) is 10.2 Å². The van der Waals surface area contributed by atoms with E-state index in [0.29, 0.717) is 49.4 Å². The highest BCUT2D eigenvalue weighted by atomic mass is 16.5. The zero-order valence-electron chi connectivity index (χ0n) is 19.3. The number of benzene rings is 1. The number of aryl methyl sites for hydroxylation is 2. The van der Waals surface area contributed by atoms with Crippen molar-refractivity contribution in [1.82, 2.24) is 24.9 Å². The third-order valence-electron chi connectivity index (χ3n) is 6.69. The average molecular weight is 436 g/mol. The van der Waals surface area contributed by atoms with Gasteiger partial charge in [-0.1, -0.05) is 0 Å². The molecule has 1 saturated heterocycles. The second-order valence-corrected chi connectivity index (χ2v) is 10.2. The highest BCUT2D eigenvalue weighted by molar-refractivity contribution is 6.00. The number of likely N-dealkylation sites (tertiary alicyclic amines) is 1. The quantitative estimate of drug-likeness (QED) is 0.628. The maximum atomic E-state index is 13.3. The van der Waals surface area contributed by atoms with E-state index in [9.17, 15) is 9.59 Å². The number of rotatable bonds is 1. The third-order valence-corrected chi connectivity index (χ3v) is 6.69. The smallest absolute Gasteiger partial charge is 0.253 e. The molecule has 0 bridgehead atoms.